The Morgan fingerprint density at radius 3 is 2.57 bits per heavy atom. The number of ether oxygens (including phenoxy) is 1. The first-order chi connectivity index (χ1) is 10.2. The number of carbonyl (C=O) groups is 1. The minimum absolute atomic E-state index is 0.150. The van der Waals surface area contributed by atoms with E-state index in [2.05, 4.69) is 5.32 Å². The molecule has 2 fully saturated rings. The standard InChI is InChI=1S/C16H21FN2O2/c1-2-14-16(20)19(13-7-9-21-10-8-13)15(18-14)11-3-5-12(17)6-4-11/h3-6,13-15,18H,2,7-10H2,1H3. The van der Waals surface area contributed by atoms with E-state index in [0.29, 0.717) is 13.2 Å². The number of nitrogens with one attached hydrogen (secondary N) is 1. The monoisotopic (exact) mass is 292 g/mol. The fourth-order valence-electron chi connectivity index (χ4n) is 3.20. The van der Waals surface area contributed by atoms with Gasteiger partial charge in [-0.1, -0.05) is 19.1 Å². The molecule has 2 aliphatic rings. The van der Waals surface area contributed by atoms with Crippen LogP contribution in [0.1, 0.15) is 37.9 Å². The molecule has 0 aromatic heterocycles. The Bertz CT molecular complexity index is 500. The maximum Gasteiger partial charge on any atom is 0.241 e. The van der Waals surface area contributed by atoms with Crippen molar-refractivity contribution in [3.05, 3.63) is 35.6 Å². The van der Waals surface area contributed by atoms with Gasteiger partial charge >= 0.3 is 0 Å². The van der Waals surface area contributed by atoms with Crippen LogP contribution in [0, 0.1) is 5.82 Å². The van der Waals surface area contributed by atoms with Crippen LogP contribution in [-0.2, 0) is 9.53 Å². The summed E-state index contributed by atoms with van der Waals surface area (Å²) in [5.74, 6) is -0.105. The summed E-state index contributed by atoms with van der Waals surface area (Å²) in [5.41, 5.74) is 0.937. The molecule has 3 rings (SSSR count). The molecule has 0 spiro atoms. The number of benzene rings is 1. The van der Waals surface area contributed by atoms with E-state index in [1.807, 2.05) is 11.8 Å². The molecule has 1 aromatic rings. The molecule has 21 heavy (non-hydrogen) atoms. The highest BCUT2D eigenvalue weighted by Gasteiger charge is 2.42. The van der Waals surface area contributed by atoms with Gasteiger partial charge in [0.05, 0.1) is 6.04 Å². The molecule has 0 saturated carbocycles. The normalized spacial score (nSPS) is 27.3. The Morgan fingerprint density at radius 1 is 1.29 bits per heavy atom. The van der Waals surface area contributed by atoms with E-state index >= 15 is 0 Å². The largest absolute Gasteiger partial charge is 0.381 e. The van der Waals surface area contributed by atoms with Gasteiger partial charge in [-0.2, -0.15) is 0 Å². The Labute approximate surface area is 124 Å². The lowest BCUT2D eigenvalue weighted by Crippen LogP contribution is -2.43. The minimum Gasteiger partial charge on any atom is -0.381 e. The Morgan fingerprint density at radius 2 is 1.95 bits per heavy atom. The molecule has 1 amide bonds. The zero-order valence-corrected chi connectivity index (χ0v) is 12.2. The van der Waals surface area contributed by atoms with Crippen LogP contribution in [0.15, 0.2) is 24.3 Å². The topological polar surface area (TPSA) is 41.6 Å². The van der Waals surface area contributed by atoms with E-state index in [-0.39, 0.29) is 30.0 Å². The quantitative estimate of drug-likeness (QED) is 0.929. The van der Waals surface area contributed by atoms with Crippen molar-refractivity contribution in [2.45, 2.75) is 44.4 Å². The molecule has 4 nitrogen and oxygen atoms in total. The summed E-state index contributed by atoms with van der Waals surface area (Å²) in [6.45, 7) is 3.40. The molecule has 2 aliphatic heterocycles. The van der Waals surface area contributed by atoms with Crippen molar-refractivity contribution in [3.63, 3.8) is 0 Å². The molecule has 2 saturated heterocycles. The van der Waals surface area contributed by atoms with E-state index in [4.69, 9.17) is 4.74 Å². The van der Waals surface area contributed by atoms with Gasteiger partial charge in [0.15, 0.2) is 0 Å². The summed E-state index contributed by atoms with van der Waals surface area (Å²) in [4.78, 5) is 14.6. The lowest BCUT2D eigenvalue weighted by atomic mass is 10.0. The number of amides is 1. The Kier molecular flexibility index (Phi) is 4.22. The van der Waals surface area contributed by atoms with Gasteiger partial charge in [0.2, 0.25) is 5.91 Å². The van der Waals surface area contributed by atoms with E-state index in [0.717, 1.165) is 24.8 Å². The first-order valence-electron chi connectivity index (χ1n) is 7.62. The third kappa shape index (κ3) is 2.80. The van der Waals surface area contributed by atoms with Crippen LogP contribution in [0.3, 0.4) is 0 Å². The lowest BCUT2D eigenvalue weighted by molar-refractivity contribution is -0.134. The van der Waals surface area contributed by atoms with Gasteiger partial charge in [0.1, 0.15) is 12.0 Å². The fourth-order valence-corrected chi connectivity index (χ4v) is 3.20. The van der Waals surface area contributed by atoms with Gasteiger partial charge in [-0.3, -0.25) is 10.1 Å². The van der Waals surface area contributed by atoms with Crippen LogP contribution in [0.4, 0.5) is 4.39 Å². The minimum atomic E-state index is -0.257. The second-order valence-corrected chi connectivity index (χ2v) is 5.67. The van der Waals surface area contributed by atoms with Crippen LogP contribution >= 0.6 is 0 Å². The molecule has 0 bridgehead atoms. The van der Waals surface area contributed by atoms with Crippen molar-refractivity contribution in [2.75, 3.05) is 13.2 Å². The zero-order chi connectivity index (χ0) is 14.8. The zero-order valence-electron chi connectivity index (χ0n) is 12.2. The van der Waals surface area contributed by atoms with Crippen molar-refractivity contribution in [3.8, 4) is 0 Å². The summed E-state index contributed by atoms with van der Waals surface area (Å²) < 4.78 is 18.5. The van der Waals surface area contributed by atoms with Crippen LogP contribution in [0.5, 0.6) is 0 Å². The van der Waals surface area contributed by atoms with E-state index in [1.54, 1.807) is 12.1 Å². The summed E-state index contributed by atoms with van der Waals surface area (Å²) >= 11 is 0. The van der Waals surface area contributed by atoms with Crippen molar-refractivity contribution >= 4 is 5.91 Å². The van der Waals surface area contributed by atoms with Gasteiger partial charge in [0, 0.05) is 19.3 Å². The van der Waals surface area contributed by atoms with Crippen LogP contribution < -0.4 is 5.32 Å². The molecule has 1 N–H and O–H groups in total. The lowest BCUT2D eigenvalue weighted by Gasteiger charge is -2.35. The van der Waals surface area contributed by atoms with Gasteiger partial charge < -0.3 is 9.64 Å². The first-order valence-corrected chi connectivity index (χ1v) is 7.62. The number of carbonyl (C=O) groups excluding carboxylic acids is 1. The molecule has 2 unspecified atom stereocenters. The summed E-state index contributed by atoms with van der Waals surface area (Å²) in [6, 6.07) is 6.45. The van der Waals surface area contributed by atoms with Gasteiger partial charge in [-0.25, -0.2) is 4.39 Å². The molecule has 5 heteroatoms. The average molecular weight is 292 g/mol. The molecule has 1 aromatic carbocycles. The second-order valence-electron chi connectivity index (χ2n) is 5.67. The number of nitrogens with zero attached hydrogens (tertiary/aromatic N) is 1. The first kappa shape index (κ1) is 14.5. The second kappa shape index (κ2) is 6.12. The van der Waals surface area contributed by atoms with Crippen LogP contribution in [0.25, 0.3) is 0 Å². The number of rotatable bonds is 3. The third-order valence-corrected chi connectivity index (χ3v) is 4.37. The van der Waals surface area contributed by atoms with Crippen LogP contribution in [0.2, 0.25) is 0 Å². The van der Waals surface area contributed by atoms with E-state index in [9.17, 15) is 9.18 Å². The highest BCUT2D eigenvalue weighted by Crippen LogP contribution is 2.31. The highest BCUT2D eigenvalue weighted by molar-refractivity contribution is 5.84. The molecule has 0 radical (unpaired) electrons. The number of hydrogen-bond donors (Lipinski definition) is 1. The molecule has 0 aliphatic carbocycles. The van der Waals surface area contributed by atoms with Gasteiger partial charge in [-0.15, -0.1) is 0 Å². The maximum absolute atomic E-state index is 13.1. The third-order valence-electron chi connectivity index (χ3n) is 4.37. The van der Waals surface area contributed by atoms with Crippen molar-refractivity contribution in [1.82, 2.24) is 10.2 Å². The summed E-state index contributed by atoms with van der Waals surface area (Å²) in [6.07, 6.45) is 2.32. The van der Waals surface area contributed by atoms with Crippen LogP contribution in [-0.4, -0.2) is 36.1 Å². The van der Waals surface area contributed by atoms with Crippen molar-refractivity contribution < 1.29 is 13.9 Å². The van der Waals surface area contributed by atoms with Crippen molar-refractivity contribution in [1.29, 1.82) is 0 Å². The number of halogens is 1. The van der Waals surface area contributed by atoms with Gasteiger partial charge in [0.25, 0.3) is 0 Å². The predicted molar refractivity (Wildman–Crippen MR) is 77.0 cm³/mol. The maximum atomic E-state index is 13.1. The SMILES string of the molecule is CCC1NC(c2ccc(F)cc2)N(C2CCOCC2)C1=O. The van der Waals surface area contributed by atoms with E-state index < -0.39 is 0 Å². The Hall–Kier alpha value is -1.46. The smallest absolute Gasteiger partial charge is 0.241 e. The summed E-state index contributed by atoms with van der Waals surface area (Å²) in [5, 5.41) is 3.39. The average Bonchev–Trinajstić information content (AvgIpc) is 2.85. The molecule has 2 atom stereocenters. The van der Waals surface area contributed by atoms with Gasteiger partial charge in [-0.05, 0) is 37.0 Å². The highest BCUT2D eigenvalue weighted by atomic mass is 19.1. The summed E-state index contributed by atoms with van der Waals surface area (Å²) in [7, 11) is 0. The van der Waals surface area contributed by atoms with E-state index in [1.165, 1.54) is 12.1 Å². The van der Waals surface area contributed by atoms with Crippen molar-refractivity contribution in [2.24, 2.45) is 0 Å². The fraction of sp³-hybridized carbons (Fsp3) is 0.562. The molecule has 114 valence electrons. The molecule has 2 heterocycles. The predicted octanol–water partition coefficient (Wildman–Crippen LogP) is 2.21. The number of hydrogen-bond acceptors (Lipinski definition) is 3. The molecular formula is C16H21FN2O2. The molecular weight excluding hydrogens is 271 g/mol. The Balaban J connectivity index is 1.88.